The van der Waals surface area contributed by atoms with Gasteiger partial charge in [0.05, 0.1) is 24.8 Å². The quantitative estimate of drug-likeness (QED) is 0.849. The molecule has 0 aromatic heterocycles. The molecule has 2 aromatic rings. The zero-order valence-corrected chi connectivity index (χ0v) is 14.8. The summed E-state index contributed by atoms with van der Waals surface area (Å²) in [5, 5.41) is 2.70. The summed E-state index contributed by atoms with van der Waals surface area (Å²) >= 11 is 0. The number of rotatable bonds is 4. The molecule has 1 aliphatic heterocycles. The Morgan fingerprint density at radius 2 is 1.80 bits per heavy atom. The van der Waals surface area contributed by atoms with Crippen molar-refractivity contribution in [2.45, 2.75) is 4.90 Å². The molecular weight excluding hydrogens is 342 g/mol. The molecule has 3 rings (SSSR count). The van der Waals surface area contributed by atoms with E-state index in [2.05, 4.69) is 5.32 Å². The summed E-state index contributed by atoms with van der Waals surface area (Å²) < 4.78 is 33.9. The summed E-state index contributed by atoms with van der Waals surface area (Å²) in [5.74, 6) is 0.937. The molecule has 2 aromatic carbocycles. The third kappa shape index (κ3) is 3.23. The number of benzene rings is 2. The molecule has 0 saturated heterocycles. The zero-order valence-electron chi connectivity index (χ0n) is 14.0. The van der Waals surface area contributed by atoms with Gasteiger partial charge in [0, 0.05) is 23.0 Å². The van der Waals surface area contributed by atoms with Crippen LogP contribution in [-0.2, 0) is 14.6 Å². The first-order valence-electron chi connectivity index (χ1n) is 7.43. The van der Waals surface area contributed by atoms with Crippen molar-refractivity contribution in [3.05, 3.63) is 47.5 Å². The van der Waals surface area contributed by atoms with Crippen LogP contribution in [0, 0.1) is 0 Å². The molecule has 0 radical (unpaired) electrons. The summed E-state index contributed by atoms with van der Waals surface area (Å²) in [4.78, 5) is 12.5. The lowest BCUT2D eigenvalue weighted by Gasteiger charge is -2.08. The molecule has 0 unspecified atom stereocenters. The Kier molecular flexibility index (Phi) is 4.26. The van der Waals surface area contributed by atoms with Gasteiger partial charge in [-0.15, -0.1) is 0 Å². The molecule has 1 N–H and O–H groups in total. The van der Waals surface area contributed by atoms with Gasteiger partial charge in [0.25, 0.3) is 5.91 Å². The summed E-state index contributed by atoms with van der Waals surface area (Å²) in [6.45, 7) is 0. The van der Waals surface area contributed by atoms with Gasteiger partial charge in [-0.1, -0.05) is 6.07 Å². The Hall–Kier alpha value is -2.80. The van der Waals surface area contributed by atoms with Crippen LogP contribution in [0.5, 0.6) is 11.5 Å². The molecule has 6 nitrogen and oxygen atoms in total. The number of hydrogen-bond acceptors (Lipinski definition) is 5. The van der Waals surface area contributed by atoms with Crippen molar-refractivity contribution < 1.29 is 22.7 Å². The van der Waals surface area contributed by atoms with Crippen molar-refractivity contribution >= 4 is 33.1 Å². The molecule has 0 fully saturated rings. The van der Waals surface area contributed by atoms with Crippen LogP contribution in [0.2, 0.25) is 0 Å². The topological polar surface area (TPSA) is 81.7 Å². The maximum absolute atomic E-state index is 12.3. The van der Waals surface area contributed by atoms with Gasteiger partial charge in [-0.2, -0.15) is 0 Å². The summed E-state index contributed by atoms with van der Waals surface area (Å²) in [7, 11) is -0.240. The molecule has 0 atom stereocenters. The maximum atomic E-state index is 12.3. The van der Waals surface area contributed by atoms with E-state index in [4.69, 9.17) is 9.47 Å². The highest BCUT2D eigenvalue weighted by Gasteiger charge is 2.26. The van der Waals surface area contributed by atoms with E-state index in [1.165, 1.54) is 12.1 Å². The van der Waals surface area contributed by atoms with Crippen molar-refractivity contribution in [2.24, 2.45) is 0 Å². The fraction of sp³-hybridized carbons (Fsp3) is 0.167. The smallest absolute Gasteiger partial charge is 0.256 e. The Labute approximate surface area is 146 Å². The lowest BCUT2D eigenvalue weighted by atomic mass is 10.0. The molecule has 0 spiro atoms. The van der Waals surface area contributed by atoms with Crippen LogP contribution in [-0.4, -0.2) is 34.8 Å². The Morgan fingerprint density at radius 3 is 2.44 bits per heavy atom. The van der Waals surface area contributed by atoms with Crippen LogP contribution < -0.4 is 14.8 Å². The number of carbonyl (C=O) groups is 1. The van der Waals surface area contributed by atoms with Gasteiger partial charge in [0.1, 0.15) is 11.5 Å². The number of methoxy groups -OCH3 is 2. The summed E-state index contributed by atoms with van der Waals surface area (Å²) in [5.41, 5.74) is 2.23. The molecular formula is C18H17NO5S. The number of carbonyl (C=O) groups excluding carboxylic acids is 1. The van der Waals surface area contributed by atoms with Crippen molar-refractivity contribution in [3.63, 3.8) is 0 Å². The molecule has 130 valence electrons. The van der Waals surface area contributed by atoms with Crippen LogP contribution >= 0.6 is 0 Å². The second-order valence-corrected chi connectivity index (χ2v) is 7.62. The van der Waals surface area contributed by atoms with Gasteiger partial charge in [0.15, 0.2) is 9.84 Å². The van der Waals surface area contributed by atoms with Crippen molar-refractivity contribution in [3.8, 4) is 11.5 Å². The SMILES string of the molecule is COc1ccc(OC)c(/C=C2\C(=O)Nc3cc(S(C)(=O)=O)ccc32)c1. The number of nitrogens with one attached hydrogen (secondary N) is 1. The van der Waals surface area contributed by atoms with Gasteiger partial charge in [-0.3, -0.25) is 4.79 Å². The fourth-order valence-electron chi connectivity index (χ4n) is 2.66. The number of sulfone groups is 1. The lowest BCUT2D eigenvalue weighted by Crippen LogP contribution is -2.04. The average molecular weight is 359 g/mol. The average Bonchev–Trinajstić information content (AvgIpc) is 2.89. The van der Waals surface area contributed by atoms with Crippen molar-refractivity contribution in [1.29, 1.82) is 0 Å². The molecule has 1 heterocycles. The molecule has 25 heavy (non-hydrogen) atoms. The minimum atomic E-state index is -3.35. The van der Waals surface area contributed by atoms with Crippen molar-refractivity contribution in [1.82, 2.24) is 0 Å². The van der Waals surface area contributed by atoms with E-state index < -0.39 is 9.84 Å². The third-order valence-corrected chi connectivity index (χ3v) is 5.05. The molecule has 0 saturated carbocycles. The zero-order chi connectivity index (χ0) is 18.2. The monoisotopic (exact) mass is 359 g/mol. The van der Waals surface area contributed by atoms with Gasteiger partial charge >= 0.3 is 0 Å². The van der Waals surface area contributed by atoms with Crippen LogP contribution in [0.3, 0.4) is 0 Å². The molecule has 1 aliphatic rings. The molecule has 0 bridgehead atoms. The second-order valence-electron chi connectivity index (χ2n) is 5.60. The van der Waals surface area contributed by atoms with E-state index in [1.807, 2.05) is 0 Å². The molecule has 7 heteroatoms. The van der Waals surface area contributed by atoms with Gasteiger partial charge in [0.2, 0.25) is 0 Å². The Balaban J connectivity index is 2.12. The first-order valence-corrected chi connectivity index (χ1v) is 9.32. The minimum absolute atomic E-state index is 0.159. The van der Waals surface area contributed by atoms with E-state index in [9.17, 15) is 13.2 Å². The predicted molar refractivity (Wildman–Crippen MR) is 95.6 cm³/mol. The summed E-state index contributed by atoms with van der Waals surface area (Å²) in [6, 6.07) is 9.87. The lowest BCUT2D eigenvalue weighted by molar-refractivity contribution is -0.110. The largest absolute Gasteiger partial charge is 0.497 e. The Morgan fingerprint density at radius 1 is 1.04 bits per heavy atom. The number of hydrogen-bond donors (Lipinski definition) is 1. The highest BCUT2D eigenvalue weighted by atomic mass is 32.2. The third-order valence-electron chi connectivity index (χ3n) is 3.94. The fourth-order valence-corrected chi connectivity index (χ4v) is 3.30. The van der Waals surface area contributed by atoms with Crippen LogP contribution in [0.1, 0.15) is 11.1 Å². The van der Waals surface area contributed by atoms with Gasteiger partial charge < -0.3 is 14.8 Å². The highest BCUT2D eigenvalue weighted by molar-refractivity contribution is 7.90. The second kappa shape index (κ2) is 6.25. The molecule has 0 aliphatic carbocycles. The molecule has 1 amide bonds. The highest BCUT2D eigenvalue weighted by Crippen LogP contribution is 2.36. The predicted octanol–water partition coefficient (Wildman–Crippen LogP) is 2.60. The van der Waals surface area contributed by atoms with E-state index >= 15 is 0 Å². The van der Waals surface area contributed by atoms with E-state index in [0.717, 1.165) is 6.26 Å². The van der Waals surface area contributed by atoms with E-state index in [-0.39, 0.29) is 10.8 Å². The van der Waals surface area contributed by atoms with Gasteiger partial charge in [-0.05, 0) is 36.4 Å². The number of anilines is 1. The van der Waals surface area contributed by atoms with E-state index in [0.29, 0.717) is 33.9 Å². The first kappa shape index (κ1) is 17.0. The van der Waals surface area contributed by atoms with E-state index in [1.54, 1.807) is 44.6 Å². The first-order chi connectivity index (χ1) is 11.8. The number of fused-ring (bicyclic) bond motifs is 1. The van der Waals surface area contributed by atoms with Crippen molar-refractivity contribution in [2.75, 3.05) is 25.8 Å². The van der Waals surface area contributed by atoms with Gasteiger partial charge in [-0.25, -0.2) is 8.42 Å². The minimum Gasteiger partial charge on any atom is -0.497 e. The van der Waals surface area contributed by atoms with Crippen LogP contribution in [0.4, 0.5) is 5.69 Å². The van der Waals surface area contributed by atoms with Crippen LogP contribution in [0.25, 0.3) is 11.6 Å². The standard InChI is InChI=1S/C18H17NO5S/c1-23-12-4-7-17(24-2)11(8-12)9-15-14-6-5-13(25(3,21)22)10-16(14)19-18(15)20/h4-10H,1-3H3,(H,19,20)/b15-9-. The number of ether oxygens (including phenoxy) is 2. The number of amides is 1. The van der Waals surface area contributed by atoms with Crippen LogP contribution in [0.15, 0.2) is 41.3 Å². The normalized spacial score (nSPS) is 15.0. The summed E-state index contributed by atoms with van der Waals surface area (Å²) in [6.07, 6.45) is 2.83. The Bertz CT molecular complexity index is 993. The maximum Gasteiger partial charge on any atom is 0.256 e.